The van der Waals surface area contributed by atoms with Gasteiger partial charge in [-0.3, -0.25) is 0 Å². The quantitative estimate of drug-likeness (QED) is 0.626. The number of aromatic hydroxyl groups is 2. The number of nitrogens with one attached hydrogen (secondary N) is 1. The number of benzene rings is 1. The SMILES string of the molecule is CC(C)(C)OC(=O)NCC(N)Cc1ccc(O)c(O)c1. The van der Waals surface area contributed by atoms with E-state index in [-0.39, 0.29) is 24.1 Å². The van der Waals surface area contributed by atoms with E-state index in [0.29, 0.717) is 6.42 Å². The Bertz CT molecular complexity index is 469. The molecule has 0 aliphatic carbocycles. The minimum absolute atomic E-state index is 0.172. The van der Waals surface area contributed by atoms with E-state index in [2.05, 4.69) is 5.32 Å². The number of carbonyl (C=O) groups is 1. The Balaban J connectivity index is 2.42. The third kappa shape index (κ3) is 5.79. The second-order valence-corrected chi connectivity index (χ2v) is 5.67. The maximum Gasteiger partial charge on any atom is 0.407 e. The second kappa shape index (κ2) is 6.47. The van der Waals surface area contributed by atoms with Gasteiger partial charge in [0.1, 0.15) is 5.60 Å². The Morgan fingerprint density at radius 1 is 1.35 bits per heavy atom. The van der Waals surface area contributed by atoms with Crippen LogP contribution in [0, 0.1) is 0 Å². The van der Waals surface area contributed by atoms with Crippen LogP contribution >= 0.6 is 0 Å². The molecule has 112 valence electrons. The summed E-state index contributed by atoms with van der Waals surface area (Å²) in [5.74, 6) is -0.357. The van der Waals surface area contributed by atoms with E-state index in [1.165, 1.54) is 12.1 Å². The van der Waals surface area contributed by atoms with E-state index in [1.54, 1.807) is 26.8 Å². The number of alkyl carbamates (subject to hydrolysis) is 1. The molecule has 1 aromatic carbocycles. The van der Waals surface area contributed by atoms with Crippen LogP contribution in [-0.4, -0.2) is 34.5 Å². The minimum Gasteiger partial charge on any atom is -0.504 e. The molecular formula is C14H22N2O4. The normalized spacial score (nSPS) is 12.8. The number of hydrogen-bond donors (Lipinski definition) is 4. The Kier molecular flexibility index (Phi) is 5.21. The standard InChI is InChI=1S/C14H22N2O4/c1-14(2,3)20-13(19)16-8-10(15)6-9-4-5-11(17)12(18)7-9/h4-5,7,10,17-18H,6,8,15H2,1-3H3,(H,16,19). The van der Waals surface area contributed by atoms with E-state index in [9.17, 15) is 15.0 Å². The lowest BCUT2D eigenvalue weighted by Gasteiger charge is -2.20. The van der Waals surface area contributed by atoms with Gasteiger partial charge >= 0.3 is 6.09 Å². The third-order valence-electron chi connectivity index (χ3n) is 2.45. The molecule has 0 saturated heterocycles. The molecule has 1 amide bonds. The summed E-state index contributed by atoms with van der Waals surface area (Å²) in [7, 11) is 0. The third-order valence-corrected chi connectivity index (χ3v) is 2.45. The van der Waals surface area contributed by atoms with Gasteiger partial charge in [-0.25, -0.2) is 4.79 Å². The van der Waals surface area contributed by atoms with Gasteiger partial charge in [-0.05, 0) is 44.9 Å². The monoisotopic (exact) mass is 282 g/mol. The number of rotatable bonds is 4. The van der Waals surface area contributed by atoms with Gasteiger partial charge in [-0.15, -0.1) is 0 Å². The van der Waals surface area contributed by atoms with E-state index >= 15 is 0 Å². The lowest BCUT2D eigenvalue weighted by molar-refractivity contribution is 0.0524. The maximum atomic E-state index is 11.5. The zero-order valence-corrected chi connectivity index (χ0v) is 12.0. The van der Waals surface area contributed by atoms with Crippen molar-refractivity contribution in [1.29, 1.82) is 0 Å². The minimum atomic E-state index is -0.545. The van der Waals surface area contributed by atoms with Gasteiger partial charge in [0, 0.05) is 12.6 Å². The van der Waals surface area contributed by atoms with E-state index < -0.39 is 11.7 Å². The maximum absolute atomic E-state index is 11.5. The second-order valence-electron chi connectivity index (χ2n) is 5.67. The number of phenols is 2. The number of amides is 1. The molecule has 20 heavy (non-hydrogen) atoms. The molecule has 1 unspecified atom stereocenters. The fourth-order valence-electron chi connectivity index (χ4n) is 1.60. The molecule has 0 aliphatic heterocycles. The first-order chi connectivity index (χ1) is 9.17. The summed E-state index contributed by atoms with van der Waals surface area (Å²) in [4.78, 5) is 11.5. The van der Waals surface area contributed by atoms with Crippen molar-refractivity contribution in [2.75, 3.05) is 6.54 Å². The molecule has 6 nitrogen and oxygen atoms in total. The van der Waals surface area contributed by atoms with Crippen LogP contribution in [0.3, 0.4) is 0 Å². The molecule has 0 spiro atoms. The number of hydrogen-bond acceptors (Lipinski definition) is 5. The molecule has 0 saturated carbocycles. The van der Waals surface area contributed by atoms with Crippen LogP contribution in [0.25, 0.3) is 0 Å². The number of ether oxygens (including phenoxy) is 1. The highest BCUT2D eigenvalue weighted by atomic mass is 16.6. The zero-order valence-electron chi connectivity index (χ0n) is 12.0. The molecule has 1 aromatic rings. The number of nitrogens with two attached hydrogens (primary N) is 1. The van der Waals surface area contributed by atoms with Crippen molar-refractivity contribution in [3.05, 3.63) is 23.8 Å². The summed E-state index contributed by atoms with van der Waals surface area (Å²) in [6, 6.07) is 4.20. The summed E-state index contributed by atoms with van der Waals surface area (Å²) in [5.41, 5.74) is 6.12. The molecule has 1 rings (SSSR count). The first-order valence-electron chi connectivity index (χ1n) is 6.40. The predicted molar refractivity (Wildman–Crippen MR) is 75.7 cm³/mol. The van der Waals surface area contributed by atoms with Crippen molar-refractivity contribution in [3.63, 3.8) is 0 Å². The molecule has 1 atom stereocenters. The molecule has 0 fully saturated rings. The Morgan fingerprint density at radius 3 is 2.55 bits per heavy atom. The molecule has 0 bridgehead atoms. The van der Waals surface area contributed by atoms with Crippen molar-refractivity contribution >= 4 is 6.09 Å². The lowest BCUT2D eigenvalue weighted by atomic mass is 10.1. The molecule has 0 aliphatic rings. The van der Waals surface area contributed by atoms with Crippen molar-refractivity contribution in [1.82, 2.24) is 5.32 Å². The van der Waals surface area contributed by atoms with E-state index in [4.69, 9.17) is 10.5 Å². The number of phenolic OH excluding ortho intramolecular Hbond substituents is 2. The highest BCUT2D eigenvalue weighted by molar-refractivity contribution is 5.67. The van der Waals surface area contributed by atoms with Crippen molar-refractivity contribution in [2.45, 2.75) is 38.8 Å². The fraction of sp³-hybridized carbons (Fsp3) is 0.500. The Labute approximate surface area is 118 Å². The van der Waals surface area contributed by atoms with Crippen molar-refractivity contribution < 1.29 is 19.7 Å². The Hall–Kier alpha value is -1.95. The molecule has 0 radical (unpaired) electrons. The summed E-state index contributed by atoms with van der Waals surface area (Å²) >= 11 is 0. The first kappa shape index (κ1) is 16.1. The van der Waals surface area contributed by atoms with Crippen LogP contribution in [0.15, 0.2) is 18.2 Å². The smallest absolute Gasteiger partial charge is 0.407 e. The van der Waals surface area contributed by atoms with Crippen molar-refractivity contribution in [2.24, 2.45) is 5.73 Å². The van der Waals surface area contributed by atoms with Crippen LogP contribution in [0.4, 0.5) is 4.79 Å². The average molecular weight is 282 g/mol. The van der Waals surface area contributed by atoms with Gasteiger partial charge in [0.25, 0.3) is 0 Å². The van der Waals surface area contributed by atoms with Crippen LogP contribution in [0.2, 0.25) is 0 Å². The molecule has 5 N–H and O–H groups in total. The summed E-state index contributed by atoms with van der Waals surface area (Å²) in [5, 5.41) is 21.2. The number of carbonyl (C=O) groups excluding carboxylic acids is 1. The van der Waals surface area contributed by atoms with Crippen LogP contribution in [0.5, 0.6) is 11.5 Å². The summed E-state index contributed by atoms with van der Waals surface area (Å²) < 4.78 is 5.09. The van der Waals surface area contributed by atoms with Crippen LogP contribution in [0.1, 0.15) is 26.3 Å². The van der Waals surface area contributed by atoms with Gasteiger partial charge in [-0.2, -0.15) is 0 Å². The molecule has 0 aromatic heterocycles. The first-order valence-corrected chi connectivity index (χ1v) is 6.40. The van der Waals surface area contributed by atoms with E-state index in [1.807, 2.05) is 0 Å². The highest BCUT2D eigenvalue weighted by Crippen LogP contribution is 2.25. The van der Waals surface area contributed by atoms with Gasteiger partial charge in [0.15, 0.2) is 11.5 Å². The summed E-state index contributed by atoms with van der Waals surface area (Å²) in [6.07, 6.45) is -0.0506. The van der Waals surface area contributed by atoms with Crippen molar-refractivity contribution in [3.8, 4) is 11.5 Å². The molecule has 0 heterocycles. The highest BCUT2D eigenvalue weighted by Gasteiger charge is 2.16. The van der Waals surface area contributed by atoms with E-state index in [0.717, 1.165) is 5.56 Å². The largest absolute Gasteiger partial charge is 0.504 e. The average Bonchev–Trinajstić information content (AvgIpc) is 2.29. The van der Waals surface area contributed by atoms with Gasteiger partial charge in [0.2, 0.25) is 0 Å². The summed E-state index contributed by atoms with van der Waals surface area (Å²) in [6.45, 7) is 5.61. The Morgan fingerprint density at radius 2 is 2.00 bits per heavy atom. The van der Waals surface area contributed by atoms with Gasteiger partial charge in [-0.1, -0.05) is 6.07 Å². The molecule has 6 heteroatoms. The predicted octanol–water partition coefficient (Wildman–Crippen LogP) is 1.49. The molecular weight excluding hydrogens is 260 g/mol. The lowest BCUT2D eigenvalue weighted by Crippen LogP contribution is -2.41. The van der Waals surface area contributed by atoms with Gasteiger partial charge in [0.05, 0.1) is 0 Å². The zero-order chi connectivity index (χ0) is 15.3. The van der Waals surface area contributed by atoms with Crippen LogP contribution < -0.4 is 11.1 Å². The topological polar surface area (TPSA) is 105 Å². The fourth-order valence-corrected chi connectivity index (χ4v) is 1.60. The van der Waals surface area contributed by atoms with Crippen LogP contribution in [-0.2, 0) is 11.2 Å². The van der Waals surface area contributed by atoms with Gasteiger partial charge < -0.3 is 26.0 Å².